The average Bonchev–Trinajstić information content (AvgIpc) is 3.49. The van der Waals surface area contributed by atoms with E-state index in [0.717, 1.165) is 22.5 Å². The van der Waals surface area contributed by atoms with E-state index in [1.807, 2.05) is 66.0 Å². The maximum absolute atomic E-state index is 13.4. The number of ether oxygens (including phenoxy) is 1. The van der Waals surface area contributed by atoms with Crippen LogP contribution in [0, 0.1) is 0 Å². The lowest BCUT2D eigenvalue weighted by atomic mass is 10.1. The number of hydrogen-bond acceptors (Lipinski definition) is 7. The van der Waals surface area contributed by atoms with Gasteiger partial charge >= 0.3 is 5.97 Å². The highest BCUT2D eigenvalue weighted by molar-refractivity contribution is 8.19. The molecule has 1 fully saturated rings. The molecule has 1 aliphatic heterocycles. The monoisotopic (exact) mass is 497 g/mol. The number of benzene rings is 3. The molecule has 172 valence electrons. The normalized spacial score (nSPS) is 15.7. The van der Waals surface area contributed by atoms with Crippen molar-refractivity contribution in [1.29, 1.82) is 0 Å². The predicted octanol–water partition coefficient (Wildman–Crippen LogP) is 6.41. The predicted molar refractivity (Wildman–Crippen MR) is 142 cm³/mol. The second-order valence-corrected chi connectivity index (χ2v) is 9.32. The van der Waals surface area contributed by atoms with Crippen molar-refractivity contribution < 1.29 is 14.3 Å². The van der Waals surface area contributed by atoms with Gasteiger partial charge in [0.15, 0.2) is 5.17 Å². The average molecular weight is 498 g/mol. The summed E-state index contributed by atoms with van der Waals surface area (Å²) in [4.78, 5) is 36.7. The molecule has 1 amide bonds. The minimum atomic E-state index is -0.404. The molecule has 4 aromatic rings. The van der Waals surface area contributed by atoms with Crippen LogP contribution in [0.4, 0.5) is 10.8 Å². The van der Waals surface area contributed by atoms with Crippen LogP contribution in [0.25, 0.3) is 17.3 Å². The Hall–Kier alpha value is -4.01. The van der Waals surface area contributed by atoms with Gasteiger partial charge in [-0.15, -0.1) is 11.3 Å². The molecule has 2 heterocycles. The highest BCUT2D eigenvalue weighted by Gasteiger charge is 2.35. The number of thiazole rings is 1. The Labute approximate surface area is 210 Å². The molecule has 1 saturated heterocycles. The summed E-state index contributed by atoms with van der Waals surface area (Å²) < 4.78 is 4.75. The Morgan fingerprint density at radius 3 is 2.34 bits per heavy atom. The number of carbonyl (C=O) groups is 2. The van der Waals surface area contributed by atoms with E-state index >= 15 is 0 Å². The van der Waals surface area contributed by atoms with Gasteiger partial charge in [-0.2, -0.15) is 4.99 Å². The first kappa shape index (κ1) is 22.8. The van der Waals surface area contributed by atoms with Gasteiger partial charge in [0.25, 0.3) is 5.91 Å². The highest BCUT2D eigenvalue weighted by Crippen LogP contribution is 2.38. The quantitative estimate of drug-likeness (QED) is 0.235. The van der Waals surface area contributed by atoms with E-state index < -0.39 is 5.97 Å². The van der Waals surface area contributed by atoms with Crippen molar-refractivity contribution in [3.8, 4) is 11.3 Å². The maximum Gasteiger partial charge on any atom is 0.337 e. The van der Waals surface area contributed by atoms with Gasteiger partial charge in [0.1, 0.15) is 0 Å². The topological polar surface area (TPSA) is 71.9 Å². The number of rotatable bonds is 5. The van der Waals surface area contributed by atoms with E-state index in [9.17, 15) is 9.59 Å². The molecule has 0 bridgehead atoms. The molecule has 8 heteroatoms. The number of anilines is 1. The number of aliphatic imine (C=N–C) groups is 1. The summed E-state index contributed by atoms with van der Waals surface area (Å²) in [5, 5.41) is 3.07. The standard InChI is InChI=1S/C27H19N3O3S2/c1-33-25(32)20-14-12-18(13-15-20)16-23-24(31)30(21-10-6-3-7-11-21)27(35-23)29-26-28-22(17-34-26)19-8-4-2-5-9-19/h2-17H,1H3/b23-16-,29-27+. The van der Waals surface area contributed by atoms with Crippen molar-refractivity contribution >= 4 is 57.0 Å². The summed E-state index contributed by atoms with van der Waals surface area (Å²) in [5.41, 5.74) is 3.83. The van der Waals surface area contributed by atoms with Crippen molar-refractivity contribution in [3.05, 3.63) is 106 Å². The molecule has 6 nitrogen and oxygen atoms in total. The lowest BCUT2D eigenvalue weighted by Crippen LogP contribution is -2.28. The fourth-order valence-electron chi connectivity index (χ4n) is 3.48. The van der Waals surface area contributed by atoms with Crippen LogP contribution in [0.15, 0.2) is 100 Å². The highest BCUT2D eigenvalue weighted by atomic mass is 32.2. The van der Waals surface area contributed by atoms with Crippen molar-refractivity contribution in [2.45, 2.75) is 0 Å². The SMILES string of the molecule is COC(=O)c1ccc(/C=C2\S/C(=N/c3nc(-c4ccccc4)cs3)N(c3ccccc3)C2=O)cc1. The first-order valence-corrected chi connectivity index (χ1v) is 12.4. The Morgan fingerprint density at radius 1 is 0.971 bits per heavy atom. The molecule has 0 aliphatic carbocycles. The van der Waals surface area contributed by atoms with Gasteiger partial charge in [0.2, 0.25) is 5.13 Å². The van der Waals surface area contributed by atoms with Gasteiger partial charge < -0.3 is 4.74 Å². The fourth-order valence-corrected chi connectivity index (χ4v) is 5.21. The number of para-hydroxylation sites is 1. The third-order valence-electron chi connectivity index (χ3n) is 5.20. The molecule has 5 rings (SSSR count). The van der Waals surface area contributed by atoms with Gasteiger partial charge in [-0.25, -0.2) is 9.78 Å². The fraction of sp³-hybridized carbons (Fsp3) is 0.0370. The maximum atomic E-state index is 13.4. The van der Waals surface area contributed by atoms with Crippen molar-refractivity contribution in [1.82, 2.24) is 4.98 Å². The Bertz CT molecular complexity index is 1430. The van der Waals surface area contributed by atoms with Crippen LogP contribution in [0.1, 0.15) is 15.9 Å². The molecule has 0 spiro atoms. The molecule has 0 unspecified atom stereocenters. The van der Waals surface area contributed by atoms with Crippen LogP contribution in [0.3, 0.4) is 0 Å². The molecule has 0 radical (unpaired) electrons. The van der Waals surface area contributed by atoms with Crippen LogP contribution in [-0.2, 0) is 9.53 Å². The van der Waals surface area contributed by atoms with Crippen LogP contribution >= 0.6 is 23.1 Å². The van der Waals surface area contributed by atoms with Gasteiger partial charge in [0, 0.05) is 10.9 Å². The van der Waals surface area contributed by atoms with Crippen molar-refractivity contribution in [3.63, 3.8) is 0 Å². The smallest absolute Gasteiger partial charge is 0.337 e. The van der Waals surface area contributed by atoms with Crippen LogP contribution in [0.5, 0.6) is 0 Å². The first-order chi connectivity index (χ1) is 17.1. The Morgan fingerprint density at radius 2 is 1.66 bits per heavy atom. The van der Waals surface area contributed by atoms with Crippen molar-refractivity contribution in [2.24, 2.45) is 4.99 Å². The van der Waals surface area contributed by atoms with E-state index in [4.69, 9.17) is 9.73 Å². The molecule has 1 aliphatic rings. The summed E-state index contributed by atoms with van der Waals surface area (Å²) in [6, 6.07) is 26.2. The zero-order chi connectivity index (χ0) is 24.2. The zero-order valence-corrected chi connectivity index (χ0v) is 20.3. The number of amides is 1. The summed E-state index contributed by atoms with van der Waals surface area (Å²) in [5.74, 6) is -0.574. The summed E-state index contributed by atoms with van der Waals surface area (Å²) >= 11 is 2.72. The van der Waals surface area contributed by atoms with Gasteiger partial charge in [-0.3, -0.25) is 9.69 Å². The number of aromatic nitrogens is 1. The van der Waals surface area contributed by atoms with E-state index in [1.54, 1.807) is 35.2 Å². The van der Waals surface area contributed by atoms with Crippen LogP contribution in [0.2, 0.25) is 0 Å². The summed E-state index contributed by atoms with van der Waals surface area (Å²) in [6.45, 7) is 0. The number of amidine groups is 1. The number of esters is 1. The molecular formula is C27H19N3O3S2. The number of carbonyl (C=O) groups excluding carboxylic acids is 2. The summed E-state index contributed by atoms with van der Waals surface area (Å²) in [6.07, 6.45) is 1.80. The molecule has 0 N–H and O–H groups in total. The van der Waals surface area contributed by atoms with Crippen LogP contribution in [-0.4, -0.2) is 29.1 Å². The molecule has 3 aromatic carbocycles. The van der Waals surface area contributed by atoms with E-state index in [1.165, 1.54) is 30.2 Å². The van der Waals surface area contributed by atoms with Crippen molar-refractivity contribution in [2.75, 3.05) is 12.0 Å². The molecule has 0 saturated carbocycles. The lowest BCUT2D eigenvalue weighted by molar-refractivity contribution is -0.113. The minimum absolute atomic E-state index is 0.170. The number of nitrogens with zero attached hydrogens (tertiary/aromatic N) is 3. The largest absolute Gasteiger partial charge is 0.465 e. The molecule has 0 atom stereocenters. The number of thioether (sulfide) groups is 1. The van der Waals surface area contributed by atoms with E-state index in [0.29, 0.717) is 20.8 Å². The lowest BCUT2D eigenvalue weighted by Gasteiger charge is -2.14. The third kappa shape index (κ3) is 4.94. The number of methoxy groups -OCH3 is 1. The van der Waals surface area contributed by atoms with E-state index in [-0.39, 0.29) is 5.91 Å². The molecule has 35 heavy (non-hydrogen) atoms. The second-order valence-electron chi connectivity index (χ2n) is 7.48. The first-order valence-electron chi connectivity index (χ1n) is 10.7. The van der Waals surface area contributed by atoms with E-state index in [2.05, 4.69) is 4.98 Å². The van der Waals surface area contributed by atoms with Gasteiger partial charge in [-0.05, 0) is 47.7 Å². The molecule has 1 aromatic heterocycles. The van der Waals surface area contributed by atoms with Gasteiger partial charge in [-0.1, -0.05) is 60.7 Å². The number of hydrogen-bond donors (Lipinski definition) is 0. The Kier molecular flexibility index (Phi) is 6.56. The Balaban J connectivity index is 1.49. The van der Waals surface area contributed by atoms with Gasteiger partial charge in [0.05, 0.1) is 29.0 Å². The van der Waals surface area contributed by atoms with Crippen LogP contribution < -0.4 is 4.90 Å². The second kappa shape index (κ2) is 10.1. The third-order valence-corrected chi connectivity index (χ3v) is 6.91. The summed E-state index contributed by atoms with van der Waals surface area (Å²) in [7, 11) is 1.34. The zero-order valence-electron chi connectivity index (χ0n) is 18.6. The minimum Gasteiger partial charge on any atom is -0.465 e. The molecular weight excluding hydrogens is 478 g/mol.